The highest BCUT2D eigenvalue weighted by Gasteiger charge is 2.02. The van der Waals surface area contributed by atoms with Gasteiger partial charge in [0.1, 0.15) is 0 Å². The Balaban J connectivity index is 2.46. The summed E-state index contributed by atoms with van der Waals surface area (Å²) in [6.45, 7) is 2.27. The van der Waals surface area contributed by atoms with Crippen LogP contribution in [0.3, 0.4) is 0 Å². The molecule has 0 bridgehead atoms. The van der Waals surface area contributed by atoms with E-state index in [1.807, 2.05) is 25.1 Å². The van der Waals surface area contributed by atoms with Gasteiger partial charge in [0.05, 0.1) is 6.61 Å². The molecule has 1 aromatic rings. The van der Waals surface area contributed by atoms with Crippen LogP contribution in [0.4, 0.5) is 0 Å². The fourth-order valence-corrected chi connectivity index (χ4v) is 1.56. The molecule has 82 valence electrons. The number of hydrogen-bond donors (Lipinski definition) is 1. The molecule has 0 aliphatic carbocycles. The Labute approximate surface area is 96.1 Å². The highest BCUT2D eigenvalue weighted by atomic mass is 32.1. The summed E-state index contributed by atoms with van der Waals surface area (Å²) in [5.74, 6) is 0.599. The van der Waals surface area contributed by atoms with E-state index in [2.05, 4.69) is 18.7 Å². The zero-order valence-electron chi connectivity index (χ0n) is 8.90. The lowest BCUT2D eigenvalue weighted by Gasteiger charge is -2.03. The summed E-state index contributed by atoms with van der Waals surface area (Å²) < 4.78 is 4.87. The summed E-state index contributed by atoms with van der Waals surface area (Å²) >= 11 is 4.21. The van der Waals surface area contributed by atoms with E-state index in [1.54, 1.807) is 0 Å². The molecule has 0 heterocycles. The zero-order chi connectivity index (χ0) is 11.1. The lowest BCUT2D eigenvalue weighted by atomic mass is 10.1. The van der Waals surface area contributed by atoms with Gasteiger partial charge in [-0.05, 0) is 24.5 Å². The van der Waals surface area contributed by atoms with E-state index in [1.165, 1.54) is 5.56 Å². The van der Waals surface area contributed by atoms with Crippen LogP contribution in [0.5, 0.6) is 0 Å². The van der Waals surface area contributed by atoms with Crippen molar-refractivity contribution < 1.29 is 9.53 Å². The van der Waals surface area contributed by atoms with Crippen molar-refractivity contribution in [1.29, 1.82) is 0 Å². The minimum absolute atomic E-state index is 0.131. The number of carbonyl (C=O) groups is 1. The van der Waals surface area contributed by atoms with Gasteiger partial charge in [-0.3, -0.25) is 4.79 Å². The number of thiol groups is 1. The van der Waals surface area contributed by atoms with E-state index in [0.717, 1.165) is 17.7 Å². The maximum absolute atomic E-state index is 11.1. The Bertz CT molecular complexity index is 323. The second-order valence-electron chi connectivity index (χ2n) is 3.28. The maximum Gasteiger partial charge on any atom is 0.306 e. The van der Waals surface area contributed by atoms with Gasteiger partial charge in [0.15, 0.2) is 0 Å². The number of ether oxygens (including phenoxy) is 1. The molecule has 15 heavy (non-hydrogen) atoms. The molecular formula is C12H16O2S. The van der Waals surface area contributed by atoms with Crippen molar-refractivity contribution in [2.75, 3.05) is 6.61 Å². The largest absolute Gasteiger partial charge is 0.466 e. The van der Waals surface area contributed by atoms with Crippen molar-refractivity contribution >= 4 is 18.6 Å². The third-order valence-electron chi connectivity index (χ3n) is 2.10. The van der Waals surface area contributed by atoms with Crippen LogP contribution in [-0.4, -0.2) is 12.6 Å². The standard InChI is InChI=1S/C12H16O2S/c1-2-14-12(13)7-6-10-4-3-5-11(8-10)9-15/h3-5,8,15H,2,6-7,9H2,1H3. The van der Waals surface area contributed by atoms with Gasteiger partial charge < -0.3 is 4.74 Å². The highest BCUT2D eigenvalue weighted by Crippen LogP contribution is 2.09. The van der Waals surface area contributed by atoms with Gasteiger partial charge >= 0.3 is 5.97 Å². The summed E-state index contributed by atoms with van der Waals surface area (Å²) in [4.78, 5) is 11.1. The van der Waals surface area contributed by atoms with Crippen molar-refractivity contribution in [1.82, 2.24) is 0 Å². The van der Waals surface area contributed by atoms with Crippen LogP contribution < -0.4 is 0 Å². The fraction of sp³-hybridized carbons (Fsp3) is 0.417. The number of esters is 1. The third-order valence-corrected chi connectivity index (χ3v) is 2.46. The normalized spacial score (nSPS) is 10.0. The van der Waals surface area contributed by atoms with Crippen LogP contribution in [0, 0.1) is 0 Å². The van der Waals surface area contributed by atoms with Gasteiger partial charge in [0, 0.05) is 12.2 Å². The Kier molecular flexibility index (Phi) is 5.26. The van der Waals surface area contributed by atoms with Crippen LogP contribution in [0.2, 0.25) is 0 Å². The second-order valence-corrected chi connectivity index (χ2v) is 3.60. The molecule has 1 rings (SSSR count). The molecule has 0 fully saturated rings. The summed E-state index contributed by atoms with van der Waals surface area (Å²) in [5, 5.41) is 0. The molecule has 3 heteroatoms. The smallest absolute Gasteiger partial charge is 0.306 e. The van der Waals surface area contributed by atoms with Crippen molar-refractivity contribution in [3.8, 4) is 0 Å². The van der Waals surface area contributed by atoms with Gasteiger partial charge in [0.25, 0.3) is 0 Å². The molecule has 0 saturated carbocycles. The molecule has 0 radical (unpaired) electrons. The Morgan fingerprint density at radius 1 is 1.40 bits per heavy atom. The van der Waals surface area contributed by atoms with E-state index in [-0.39, 0.29) is 5.97 Å². The first kappa shape index (κ1) is 12.1. The van der Waals surface area contributed by atoms with Crippen LogP contribution in [0.1, 0.15) is 24.5 Å². The van der Waals surface area contributed by atoms with Crippen molar-refractivity contribution in [3.63, 3.8) is 0 Å². The SMILES string of the molecule is CCOC(=O)CCc1cccc(CS)c1. The van der Waals surface area contributed by atoms with E-state index in [9.17, 15) is 4.79 Å². The predicted molar refractivity (Wildman–Crippen MR) is 64.1 cm³/mol. The summed E-state index contributed by atoms with van der Waals surface area (Å²) in [5.41, 5.74) is 2.34. The maximum atomic E-state index is 11.1. The molecule has 0 amide bonds. The second kappa shape index (κ2) is 6.51. The topological polar surface area (TPSA) is 26.3 Å². The first-order valence-corrected chi connectivity index (χ1v) is 5.73. The quantitative estimate of drug-likeness (QED) is 0.614. The lowest BCUT2D eigenvalue weighted by molar-refractivity contribution is -0.143. The van der Waals surface area contributed by atoms with E-state index in [4.69, 9.17) is 4.74 Å². The predicted octanol–water partition coefficient (Wildman–Crippen LogP) is 2.61. The van der Waals surface area contributed by atoms with E-state index in [0.29, 0.717) is 13.0 Å². The third kappa shape index (κ3) is 4.38. The van der Waals surface area contributed by atoms with Crippen LogP contribution in [0.25, 0.3) is 0 Å². The molecule has 0 aliphatic rings. The first-order chi connectivity index (χ1) is 7.26. The van der Waals surface area contributed by atoms with E-state index >= 15 is 0 Å². The van der Waals surface area contributed by atoms with Crippen molar-refractivity contribution in [2.24, 2.45) is 0 Å². The zero-order valence-corrected chi connectivity index (χ0v) is 9.80. The first-order valence-electron chi connectivity index (χ1n) is 5.10. The minimum atomic E-state index is -0.131. The van der Waals surface area contributed by atoms with Crippen LogP contribution >= 0.6 is 12.6 Å². The number of rotatable bonds is 5. The van der Waals surface area contributed by atoms with Gasteiger partial charge in [-0.15, -0.1) is 0 Å². The number of hydrogen-bond acceptors (Lipinski definition) is 3. The van der Waals surface area contributed by atoms with E-state index < -0.39 is 0 Å². The van der Waals surface area contributed by atoms with Gasteiger partial charge in [-0.25, -0.2) is 0 Å². The molecule has 0 aromatic heterocycles. The Morgan fingerprint density at radius 2 is 2.13 bits per heavy atom. The summed E-state index contributed by atoms with van der Waals surface area (Å²) in [6, 6.07) is 8.12. The van der Waals surface area contributed by atoms with Gasteiger partial charge in [-0.2, -0.15) is 12.6 Å². The van der Waals surface area contributed by atoms with Crippen molar-refractivity contribution in [3.05, 3.63) is 35.4 Å². The number of benzene rings is 1. The highest BCUT2D eigenvalue weighted by molar-refractivity contribution is 7.79. The Morgan fingerprint density at radius 3 is 2.80 bits per heavy atom. The molecule has 0 N–H and O–H groups in total. The molecule has 0 atom stereocenters. The van der Waals surface area contributed by atoms with Gasteiger partial charge in [0.2, 0.25) is 0 Å². The van der Waals surface area contributed by atoms with Gasteiger partial charge in [-0.1, -0.05) is 24.3 Å². The summed E-state index contributed by atoms with van der Waals surface area (Å²) in [6.07, 6.45) is 1.18. The Hall–Kier alpha value is -0.960. The molecule has 1 aromatic carbocycles. The summed E-state index contributed by atoms with van der Waals surface area (Å²) in [7, 11) is 0. The monoisotopic (exact) mass is 224 g/mol. The molecule has 0 aliphatic heterocycles. The van der Waals surface area contributed by atoms with Crippen LogP contribution in [0.15, 0.2) is 24.3 Å². The average molecular weight is 224 g/mol. The minimum Gasteiger partial charge on any atom is -0.466 e. The number of aryl methyl sites for hydroxylation is 1. The lowest BCUT2D eigenvalue weighted by Crippen LogP contribution is -2.05. The molecular weight excluding hydrogens is 208 g/mol. The van der Waals surface area contributed by atoms with Crippen molar-refractivity contribution in [2.45, 2.75) is 25.5 Å². The molecule has 2 nitrogen and oxygen atoms in total. The van der Waals surface area contributed by atoms with Crippen LogP contribution in [-0.2, 0) is 21.7 Å². The molecule has 0 spiro atoms. The fourth-order valence-electron chi connectivity index (χ4n) is 1.36. The molecule has 0 unspecified atom stereocenters. The average Bonchev–Trinajstić information content (AvgIpc) is 2.27. The molecule has 0 saturated heterocycles. The number of carbonyl (C=O) groups excluding carboxylic acids is 1.